The van der Waals surface area contributed by atoms with Crippen molar-refractivity contribution in [1.82, 2.24) is 4.98 Å². The van der Waals surface area contributed by atoms with E-state index in [1.807, 2.05) is 0 Å². The van der Waals surface area contributed by atoms with Crippen molar-refractivity contribution in [3.63, 3.8) is 0 Å². The minimum absolute atomic E-state index is 0.673. The normalized spacial score (nSPS) is 13.2. The molecule has 0 saturated carbocycles. The van der Waals surface area contributed by atoms with Gasteiger partial charge in [-0.3, -0.25) is 4.79 Å². The van der Waals surface area contributed by atoms with Gasteiger partial charge in [-0.05, 0) is 31.0 Å². The number of benzene rings is 1. The number of nitrogens with one attached hydrogen (secondary N) is 1. The molecular weight excluding hydrogens is 242 g/mol. The number of hydrogen-bond acceptors (Lipinski definition) is 2. The van der Waals surface area contributed by atoms with Gasteiger partial charge < -0.3 is 15.2 Å². The van der Waals surface area contributed by atoms with Crippen LogP contribution in [0.25, 0.3) is 0 Å². The van der Waals surface area contributed by atoms with Gasteiger partial charge in [0.25, 0.3) is 0 Å². The molecule has 0 saturated heterocycles. The van der Waals surface area contributed by atoms with Crippen LogP contribution in [0.2, 0.25) is 0 Å². The molecule has 0 aliphatic carbocycles. The quantitative estimate of drug-likeness (QED) is 0.789. The van der Waals surface area contributed by atoms with Crippen molar-refractivity contribution in [3.05, 3.63) is 59.4 Å². The van der Waals surface area contributed by atoms with Crippen LogP contribution in [0.5, 0.6) is 0 Å². The van der Waals surface area contributed by atoms with Crippen LogP contribution < -0.4 is 0 Å². The molecule has 1 aromatic carbocycles. The third kappa shape index (κ3) is 2.53. The number of carboxylic acids is 1. The van der Waals surface area contributed by atoms with Gasteiger partial charge in [-0.25, -0.2) is 0 Å². The van der Waals surface area contributed by atoms with Crippen LogP contribution in [0.1, 0.15) is 36.6 Å². The van der Waals surface area contributed by atoms with Crippen LogP contribution in [-0.2, 0) is 10.2 Å². The molecule has 2 aromatic rings. The largest absolute Gasteiger partial charge is 0.481 e. The monoisotopic (exact) mass is 259 g/mol. The van der Waals surface area contributed by atoms with Crippen molar-refractivity contribution < 1.29 is 15.0 Å². The van der Waals surface area contributed by atoms with Gasteiger partial charge >= 0.3 is 5.97 Å². The molecule has 0 fully saturated rings. The Morgan fingerprint density at radius 3 is 2.58 bits per heavy atom. The summed E-state index contributed by atoms with van der Waals surface area (Å²) in [6, 6.07) is 8.86. The second-order valence-corrected chi connectivity index (χ2v) is 5.10. The van der Waals surface area contributed by atoms with Crippen LogP contribution in [0.3, 0.4) is 0 Å². The lowest BCUT2D eigenvalue weighted by atomic mass is 9.83. The summed E-state index contributed by atoms with van der Waals surface area (Å²) in [4.78, 5) is 14.2. The van der Waals surface area contributed by atoms with Crippen LogP contribution in [0.15, 0.2) is 42.7 Å². The summed E-state index contributed by atoms with van der Waals surface area (Å²) in [6.07, 6.45) is 2.71. The van der Waals surface area contributed by atoms with E-state index < -0.39 is 17.5 Å². The van der Waals surface area contributed by atoms with E-state index in [4.69, 9.17) is 0 Å². The first kappa shape index (κ1) is 13.4. The summed E-state index contributed by atoms with van der Waals surface area (Å²) in [5, 5.41) is 19.5. The van der Waals surface area contributed by atoms with Crippen molar-refractivity contribution in [3.8, 4) is 0 Å². The molecule has 0 spiro atoms. The highest BCUT2D eigenvalue weighted by atomic mass is 16.4. The maximum atomic E-state index is 11.3. The average Bonchev–Trinajstić information content (AvgIpc) is 2.91. The molecule has 1 heterocycles. The van der Waals surface area contributed by atoms with Gasteiger partial charge in [0.15, 0.2) is 0 Å². The fourth-order valence-electron chi connectivity index (χ4n) is 1.92. The van der Waals surface area contributed by atoms with E-state index in [2.05, 4.69) is 4.98 Å². The summed E-state index contributed by atoms with van der Waals surface area (Å²) in [5.41, 5.74) is 1.14. The molecular formula is C15H17NO3. The first-order chi connectivity index (χ1) is 8.93. The van der Waals surface area contributed by atoms with E-state index in [0.717, 1.165) is 5.56 Å². The Balaban J connectivity index is 2.37. The fourth-order valence-corrected chi connectivity index (χ4v) is 1.92. The molecule has 1 atom stereocenters. The topological polar surface area (TPSA) is 73.3 Å². The number of carbonyl (C=O) groups is 1. The predicted molar refractivity (Wildman–Crippen MR) is 72.0 cm³/mol. The van der Waals surface area contributed by atoms with Crippen LogP contribution in [-0.4, -0.2) is 21.2 Å². The third-order valence-corrected chi connectivity index (χ3v) is 3.40. The molecule has 0 aliphatic heterocycles. The first-order valence-corrected chi connectivity index (χ1v) is 6.07. The number of aromatic amines is 1. The minimum atomic E-state index is -0.978. The third-order valence-electron chi connectivity index (χ3n) is 3.40. The zero-order valence-corrected chi connectivity index (χ0v) is 10.9. The van der Waals surface area contributed by atoms with Gasteiger partial charge in [0.1, 0.15) is 6.10 Å². The first-order valence-electron chi connectivity index (χ1n) is 6.07. The number of aromatic nitrogens is 1. The molecule has 100 valence electrons. The Morgan fingerprint density at radius 2 is 2.00 bits per heavy atom. The van der Waals surface area contributed by atoms with E-state index in [1.165, 1.54) is 0 Å². The number of aliphatic hydroxyl groups excluding tert-OH is 1. The summed E-state index contributed by atoms with van der Waals surface area (Å²) < 4.78 is 0. The molecule has 1 aromatic heterocycles. The lowest BCUT2D eigenvalue weighted by Gasteiger charge is -2.21. The highest BCUT2D eigenvalue weighted by Crippen LogP contribution is 2.28. The Hall–Kier alpha value is -2.07. The highest BCUT2D eigenvalue weighted by molar-refractivity contribution is 5.80. The number of aliphatic carboxylic acids is 1. The van der Waals surface area contributed by atoms with Gasteiger partial charge in [-0.2, -0.15) is 0 Å². The second kappa shape index (κ2) is 4.90. The van der Waals surface area contributed by atoms with Gasteiger partial charge in [0, 0.05) is 18.0 Å². The molecule has 4 heteroatoms. The van der Waals surface area contributed by atoms with Crippen molar-refractivity contribution in [2.45, 2.75) is 25.4 Å². The standard InChI is InChI=1S/C15H17NO3/c1-15(2,14(18)19)12-5-3-4-10(8-12)13(17)11-6-7-16-9-11/h3-9,13,16-17H,1-2H3,(H,18,19). The average molecular weight is 259 g/mol. The number of H-pyrrole nitrogens is 1. The molecule has 0 radical (unpaired) electrons. The van der Waals surface area contributed by atoms with E-state index >= 15 is 0 Å². The fraction of sp³-hybridized carbons (Fsp3) is 0.267. The second-order valence-electron chi connectivity index (χ2n) is 5.10. The Morgan fingerprint density at radius 1 is 1.26 bits per heavy atom. The number of carboxylic acid groups (broad SMARTS) is 1. The highest BCUT2D eigenvalue weighted by Gasteiger charge is 2.29. The lowest BCUT2D eigenvalue weighted by Crippen LogP contribution is -2.28. The van der Waals surface area contributed by atoms with E-state index in [0.29, 0.717) is 11.1 Å². The minimum Gasteiger partial charge on any atom is -0.481 e. The molecule has 0 amide bonds. The van der Waals surface area contributed by atoms with E-state index in [9.17, 15) is 15.0 Å². The van der Waals surface area contributed by atoms with Crippen molar-refractivity contribution in [2.24, 2.45) is 0 Å². The number of hydrogen-bond donors (Lipinski definition) is 3. The van der Waals surface area contributed by atoms with Crippen LogP contribution in [0, 0.1) is 0 Å². The van der Waals surface area contributed by atoms with Gasteiger partial charge in [0.05, 0.1) is 5.41 Å². The van der Waals surface area contributed by atoms with Gasteiger partial charge in [0.2, 0.25) is 0 Å². The van der Waals surface area contributed by atoms with Crippen LogP contribution >= 0.6 is 0 Å². The van der Waals surface area contributed by atoms with Crippen molar-refractivity contribution >= 4 is 5.97 Å². The smallest absolute Gasteiger partial charge is 0.313 e. The summed E-state index contributed by atoms with van der Waals surface area (Å²) in [5.74, 6) is -0.888. The lowest BCUT2D eigenvalue weighted by molar-refractivity contribution is -0.142. The summed E-state index contributed by atoms with van der Waals surface area (Å²) in [7, 11) is 0. The molecule has 1 unspecified atom stereocenters. The van der Waals surface area contributed by atoms with Crippen molar-refractivity contribution in [1.29, 1.82) is 0 Å². The van der Waals surface area contributed by atoms with Crippen LogP contribution in [0.4, 0.5) is 0 Å². The Kier molecular flexibility index (Phi) is 3.44. The number of rotatable bonds is 4. The molecule has 3 N–H and O–H groups in total. The maximum absolute atomic E-state index is 11.3. The molecule has 19 heavy (non-hydrogen) atoms. The summed E-state index contributed by atoms with van der Waals surface area (Å²) in [6.45, 7) is 3.30. The van der Waals surface area contributed by atoms with Gasteiger partial charge in [-0.1, -0.05) is 24.3 Å². The van der Waals surface area contributed by atoms with E-state index in [1.54, 1.807) is 56.6 Å². The zero-order valence-electron chi connectivity index (χ0n) is 10.9. The molecule has 0 bridgehead atoms. The molecule has 0 aliphatic rings. The predicted octanol–water partition coefficient (Wildman–Crippen LogP) is 2.46. The van der Waals surface area contributed by atoms with Gasteiger partial charge in [-0.15, -0.1) is 0 Å². The van der Waals surface area contributed by atoms with E-state index in [-0.39, 0.29) is 0 Å². The Bertz CT molecular complexity index is 573. The van der Waals surface area contributed by atoms with Crippen molar-refractivity contribution in [2.75, 3.05) is 0 Å². The zero-order chi connectivity index (χ0) is 14.0. The molecule has 2 rings (SSSR count). The number of aliphatic hydroxyl groups is 1. The summed E-state index contributed by atoms with van der Waals surface area (Å²) >= 11 is 0. The Labute approximate surface area is 111 Å². The maximum Gasteiger partial charge on any atom is 0.313 e. The SMILES string of the molecule is CC(C)(C(=O)O)c1cccc(C(O)c2cc[nH]c2)c1. The molecule has 4 nitrogen and oxygen atoms in total.